The summed E-state index contributed by atoms with van der Waals surface area (Å²) >= 11 is 0. The van der Waals surface area contributed by atoms with Crippen molar-refractivity contribution in [2.45, 2.75) is 32.4 Å². The predicted molar refractivity (Wildman–Crippen MR) is 64.5 cm³/mol. The molecule has 1 aromatic rings. The van der Waals surface area contributed by atoms with Crippen molar-refractivity contribution in [2.24, 2.45) is 5.92 Å². The van der Waals surface area contributed by atoms with Crippen molar-refractivity contribution < 1.29 is 0 Å². The van der Waals surface area contributed by atoms with Crippen molar-refractivity contribution in [3.8, 4) is 0 Å². The molecule has 0 amide bonds. The van der Waals surface area contributed by atoms with Crippen LogP contribution in [0.4, 0.5) is 5.95 Å². The molecule has 4 heterocycles. The Balaban J connectivity index is 1.71. The third kappa shape index (κ3) is 1.71. The number of aromatic nitrogens is 2. The van der Waals surface area contributed by atoms with Gasteiger partial charge in [0.25, 0.3) is 0 Å². The summed E-state index contributed by atoms with van der Waals surface area (Å²) in [6.07, 6.45) is 6.63. The van der Waals surface area contributed by atoms with Crippen LogP contribution in [-0.2, 0) is 6.54 Å². The minimum Gasteiger partial charge on any atom is -0.351 e. The first kappa shape index (κ1) is 10.1. The number of imidazole rings is 1. The first-order valence-electron chi connectivity index (χ1n) is 6.37. The first-order valence-corrected chi connectivity index (χ1v) is 6.37. The van der Waals surface area contributed by atoms with Crippen molar-refractivity contribution in [3.63, 3.8) is 0 Å². The maximum atomic E-state index is 4.40. The molecule has 3 fully saturated rings. The molecule has 4 nitrogen and oxygen atoms in total. The highest BCUT2D eigenvalue weighted by Crippen LogP contribution is 2.29. The number of anilines is 1. The van der Waals surface area contributed by atoms with Gasteiger partial charge in [-0.25, -0.2) is 4.98 Å². The van der Waals surface area contributed by atoms with Gasteiger partial charge in [-0.1, -0.05) is 0 Å². The van der Waals surface area contributed by atoms with Gasteiger partial charge in [0.1, 0.15) is 0 Å². The fraction of sp³-hybridized carbons (Fsp3) is 0.750. The van der Waals surface area contributed by atoms with Crippen LogP contribution in [0.5, 0.6) is 0 Å². The van der Waals surface area contributed by atoms with Crippen LogP contribution in [0.2, 0.25) is 0 Å². The highest BCUT2D eigenvalue weighted by molar-refractivity contribution is 5.28. The molecule has 0 aromatic carbocycles. The Bertz CT molecular complexity index is 352. The Hall–Kier alpha value is -1.03. The van der Waals surface area contributed by atoms with Crippen LogP contribution in [-0.4, -0.2) is 40.1 Å². The van der Waals surface area contributed by atoms with Crippen molar-refractivity contribution >= 4 is 5.95 Å². The summed E-state index contributed by atoms with van der Waals surface area (Å²) in [5, 5.41) is 3.62. The lowest BCUT2D eigenvalue weighted by Gasteiger charge is -2.45. The van der Waals surface area contributed by atoms with Crippen molar-refractivity contribution in [3.05, 3.63) is 12.4 Å². The second kappa shape index (κ2) is 4.09. The number of fused-ring (bicyclic) bond motifs is 3. The summed E-state index contributed by atoms with van der Waals surface area (Å²) in [6, 6.07) is 0.607. The minimum atomic E-state index is 0.607. The molecule has 4 rings (SSSR count). The predicted octanol–water partition coefficient (Wildman–Crippen LogP) is 1.41. The molecule has 0 aliphatic carbocycles. The quantitative estimate of drug-likeness (QED) is 0.836. The molecule has 0 radical (unpaired) electrons. The standard InChI is InChI=1S/C12H20N4/c1-2-16-8-5-13-12(16)14-11-9-15-6-3-10(11)4-7-15/h5,8,10-11H,2-4,6-7,9H2,1H3,(H,13,14). The van der Waals surface area contributed by atoms with E-state index in [-0.39, 0.29) is 0 Å². The Kier molecular flexibility index (Phi) is 2.59. The average Bonchev–Trinajstić information content (AvgIpc) is 2.78. The van der Waals surface area contributed by atoms with Crippen LogP contribution in [0.3, 0.4) is 0 Å². The number of nitrogens with zero attached hydrogens (tertiary/aromatic N) is 3. The van der Waals surface area contributed by atoms with Gasteiger partial charge in [-0.05, 0) is 38.8 Å². The van der Waals surface area contributed by atoms with Crippen molar-refractivity contribution in [1.82, 2.24) is 14.5 Å². The summed E-state index contributed by atoms with van der Waals surface area (Å²) in [5.41, 5.74) is 0. The molecule has 1 unspecified atom stereocenters. The summed E-state index contributed by atoms with van der Waals surface area (Å²) in [4.78, 5) is 6.96. The van der Waals surface area contributed by atoms with Crippen molar-refractivity contribution in [1.29, 1.82) is 0 Å². The second-order valence-electron chi connectivity index (χ2n) is 4.93. The Morgan fingerprint density at radius 2 is 2.25 bits per heavy atom. The molecule has 16 heavy (non-hydrogen) atoms. The fourth-order valence-electron chi connectivity index (χ4n) is 3.00. The molecule has 0 saturated carbocycles. The van der Waals surface area contributed by atoms with Gasteiger partial charge in [0, 0.05) is 31.5 Å². The molecule has 88 valence electrons. The molecule has 4 heteroatoms. The van der Waals surface area contributed by atoms with Crippen LogP contribution in [0, 0.1) is 5.92 Å². The number of nitrogens with one attached hydrogen (secondary N) is 1. The third-order valence-electron chi connectivity index (χ3n) is 4.03. The SMILES string of the molecule is CCn1ccnc1NC1CN2CCC1CC2. The zero-order valence-corrected chi connectivity index (χ0v) is 9.89. The van der Waals surface area contributed by atoms with E-state index in [0.29, 0.717) is 6.04 Å². The first-order chi connectivity index (χ1) is 7.86. The molecular weight excluding hydrogens is 200 g/mol. The number of aryl methyl sites for hydroxylation is 1. The van der Waals surface area contributed by atoms with Gasteiger partial charge in [-0.3, -0.25) is 0 Å². The van der Waals surface area contributed by atoms with E-state index in [2.05, 4.69) is 26.7 Å². The lowest BCUT2D eigenvalue weighted by molar-refractivity contribution is 0.0971. The normalized spacial score (nSPS) is 32.9. The monoisotopic (exact) mass is 220 g/mol. The summed E-state index contributed by atoms with van der Waals surface area (Å²) in [7, 11) is 0. The molecule has 0 spiro atoms. The van der Waals surface area contributed by atoms with E-state index in [9.17, 15) is 0 Å². The van der Waals surface area contributed by atoms with E-state index in [0.717, 1.165) is 18.4 Å². The van der Waals surface area contributed by atoms with Crippen LogP contribution in [0.15, 0.2) is 12.4 Å². The van der Waals surface area contributed by atoms with E-state index in [1.807, 2.05) is 12.4 Å². The lowest BCUT2D eigenvalue weighted by atomic mass is 9.84. The molecule has 1 atom stereocenters. The molecule has 2 bridgehead atoms. The Labute approximate surface area is 96.7 Å². The van der Waals surface area contributed by atoms with Gasteiger partial charge < -0.3 is 14.8 Å². The molecule has 1 aromatic heterocycles. The molecule has 1 N–H and O–H groups in total. The summed E-state index contributed by atoms with van der Waals surface area (Å²) in [5.74, 6) is 1.90. The zero-order valence-electron chi connectivity index (χ0n) is 9.89. The summed E-state index contributed by atoms with van der Waals surface area (Å²) in [6.45, 7) is 6.93. The van der Waals surface area contributed by atoms with E-state index in [4.69, 9.17) is 0 Å². The average molecular weight is 220 g/mol. The summed E-state index contributed by atoms with van der Waals surface area (Å²) < 4.78 is 2.18. The highest BCUT2D eigenvalue weighted by atomic mass is 15.2. The smallest absolute Gasteiger partial charge is 0.203 e. The maximum Gasteiger partial charge on any atom is 0.203 e. The van der Waals surface area contributed by atoms with Crippen LogP contribution >= 0.6 is 0 Å². The number of rotatable bonds is 3. The van der Waals surface area contributed by atoms with Gasteiger partial charge in [-0.15, -0.1) is 0 Å². The number of piperidine rings is 3. The third-order valence-corrected chi connectivity index (χ3v) is 4.03. The molecule has 3 saturated heterocycles. The molecule has 3 aliphatic heterocycles. The number of hydrogen-bond acceptors (Lipinski definition) is 3. The topological polar surface area (TPSA) is 33.1 Å². The highest BCUT2D eigenvalue weighted by Gasteiger charge is 2.34. The van der Waals surface area contributed by atoms with E-state index < -0.39 is 0 Å². The van der Waals surface area contributed by atoms with Gasteiger partial charge in [0.15, 0.2) is 0 Å². The number of hydrogen-bond donors (Lipinski definition) is 1. The Morgan fingerprint density at radius 1 is 1.44 bits per heavy atom. The van der Waals surface area contributed by atoms with Crippen LogP contribution < -0.4 is 5.32 Å². The maximum absolute atomic E-state index is 4.40. The van der Waals surface area contributed by atoms with Crippen molar-refractivity contribution in [2.75, 3.05) is 25.0 Å². The fourth-order valence-corrected chi connectivity index (χ4v) is 3.00. The van der Waals surface area contributed by atoms with Gasteiger partial charge >= 0.3 is 0 Å². The van der Waals surface area contributed by atoms with E-state index in [1.165, 1.54) is 32.5 Å². The Morgan fingerprint density at radius 3 is 2.88 bits per heavy atom. The van der Waals surface area contributed by atoms with Gasteiger partial charge in [0.2, 0.25) is 5.95 Å². The largest absolute Gasteiger partial charge is 0.351 e. The van der Waals surface area contributed by atoms with Crippen LogP contribution in [0.1, 0.15) is 19.8 Å². The second-order valence-corrected chi connectivity index (χ2v) is 4.93. The van der Waals surface area contributed by atoms with Crippen LogP contribution in [0.25, 0.3) is 0 Å². The van der Waals surface area contributed by atoms with Gasteiger partial charge in [-0.2, -0.15) is 0 Å². The molecule has 3 aliphatic rings. The van der Waals surface area contributed by atoms with Gasteiger partial charge in [0.05, 0.1) is 0 Å². The zero-order chi connectivity index (χ0) is 11.0. The van der Waals surface area contributed by atoms with E-state index >= 15 is 0 Å². The molecular formula is C12H20N4. The lowest BCUT2D eigenvalue weighted by Crippen LogP contribution is -2.53. The minimum absolute atomic E-state index is 0.607. The van der Waals surface area contributed by atoms with E-state index in [1.54, 1.807) is 0 Å².